The molecule has 0 fully saturated rings. The number of halogens is 1. The summed E-state index contributed by atoms with van der Waals surface area (Å²) >= 11 is 0. The van der Waals surface area contributed by atoms with E-state index in [1.54, 1.807) is 33.4 Å². The van der Waals surface area contributed by atoms with Crippen LogP contribution in [0, 0.1) is 5.82 Å². The zero-order valence-electron chi connectivity index (χ0n) is 16.0. The topological polar surface area (TPSA) is 75.1 Å². The third-order valence-corrected chi connectivity index (χ3v) is 4.22. The van der Waals surface area contributed by atoms with Gasteiger partial charge in [0.05, 0.1) is 26.9 Å². The van der Waals surface area contributed by atoms with E-state index in [4.69, 9.17) is 9.47 Å². The number of aliphatic imine (C=N–C) groups is 1. The Balaban J connectivity index is 2.06. The predicted octanol–water partition coefficient (Wildman–Crippen LogP) is 2.76. The summed E-state index contributed by atoms with van der Waals surface area (Å²) in [6, 6.07) is 10.2. The fraction of sp³-hybridized carbons (Fsp3) is 0.350. The summed E-state index contributed by atoms with van der Waals surface area (Å²) in [7, 11) is 4.92. The number of hydrogen-bond acceptors (Lipinski definition) is 4. The van der Waals surface area contributed by atoms with Crippen molar-refractivity contribution in [3.8, 4) is 11.5 Å². The van der Waals surface area contributed by atoms with Crippen molar-refractivity contribution < 1.29 is 19.0 Å². The molecule has 0 radical (unpaired) electrons. The van der Waals surface area contributed by atoms with Crippen molar-refractivity contribution in [1.29, 1.82) is 0 Å². The van der Waals surface area contributed by atoms with Crippen LogP contribution >= 0.6 is 0 Å². The fourth-order valence-electron chi connectivity index (χ4n) is 2.70. The van der Waals surface area contributed by atoms with Crippen LogP contribution in [0.15, 0.2) is 41.4 Å². The van der Waals surface area contributed by atoms with Gasteiger partial charge in [-0.3, -0.25) is 4.99 Å². The highest BCUT2D eigenvalue weighted by molar-refractivity contribution is 5.80. The minimum absolute atomic E-state index is 0.0949. The first kappa shape index (κ1) is 20.5. The van der Waals surface area contributed by atoms with Gasteiger partial charge in [0.15, 0.2) is 5.96 Å². The first-order valence-corrected chi connectivity index (χ1v) is 8.59. The molecule has 7 heteroatoms. The second kappa shape index (κ2) is 9.78. The number of ether oxygens (including phenoxy) is 2. The molecular formula is C20H26FN3O3. The van der Waals surface area contributed by atoms with Crippen molar-refractivity contribution in [1.82, 2.24) is 10.6 Å². The molecule has 1 unspecified atom stereocenters. The molecule has 0 aromatic heterocycles. The number of guanidine groups is 1. The Morgan fingerprint density at radius 2 is 1.96 bits per heavy atom. The summed E-state index contributed by atoms with van der Waals surface area (Å²) < 4.78 is 24.2. The Bertz CT molecular complexity index is 796. The highest BCUT2D eigenvalue weighted by atomic mass is 19.1. The summed E-state index contributed by atoms with van der Waals surface area (Å²) in [6.07, 6.45) is 0. The predicted molar refractivity (Wildman–Crippen MR) is 104 cm³/mol. The quantitative estimate of drug-likeness (QED) is 0.513. The second-order valence-electron chi connectivity index (χ2n) is 5.98. The average Bonchev–Trinajstić information content (AvgIpc) is 2.71. The Morgan fingerprint density at radius 1 is 1.19 bits per heavy atom. The van der Waals surface area contributed by atoms with Crippen LogP contribution in [-0.2, 0) is 13.2 Å². The van der Waals surface area contributed by atoms with E-state index in [9.17, 15) is 9.50 Å². The van der Waals surface area contributed by atoms with E-state index in [2.05, 4.69) is 15.6 Å². The lowest BCUT2D eigenvalue weighted by molar-refractivity contribution is 0.275. The summed E-state index contributed by atoms with van der Waals surface area (Å²) in [4.78, 5) is 4.23. The number of aliphatic hydroxyl groups excluding tert-OH is 1. The molecule has 0 spiro atoms. The summed E-state index contributed by atoms with van der Waals surface area (Å²) in [6.45, 7) is 2.10. The average molecular weight is 375 g/mol. The van der Waals surface area contributed by atoms with Crippen LogP contribution in [0.2, 0.25) is 0 Å². The van der Waals surface area contributed by atoms with Gasteiger partial charge in [-0.25, -0.2) is 4.39 Å². The molecule has 0 aliphatic rings. The molecule has 2 aromatic rings. The number of nitrogens with zero attached hydrogens (tertiary/aromatic N) is 1. The Labute approximate surface area is 159 Å². The van der Waals surface area contributed by atoms with E-state index in [1.807, 2.05) is 25.1 Å². The van der Waals surface area contributed by atoms with Crippen molar-refractivity contribution in [2.45, 2.75) is 26.1 Å². The van der Waals surface area contributed by atoms with Gasteiger partial charge in [0, 0.05) is 24.7 Å². The maximum atomic E-state index is 13.5. The monoisotopic (exact) mass is 375 g/mol. The van der Waals surface area contributed by atoms with Gasteiger partial charge in [-0.15, -0.1) is 0 Å². The second-order valence-corrected chi connectivity index (χ2v) is 5.98. The molecule has 0 heterocycles. The van der Waals surface area contributed by atoms with Crippen LogP contribution in [0.1, 0.15) is 29.7 Å². The van der Waals surface area contributed by atoms with Crippen LogP contribution < -0.4 is 20.1 Å². The van der Waals surface area contributed by atoms with E-state index in [0.29, 0.717) is 12.5 Å². The number of hydrogen-bond donors (Lipinski definition) is 3. The van der Waals surface area contributed by atoms with Gasteiger partial charge in [0.2, 0.25) is 0 Å². The fourth-order valence-corrected chi connectivity index (χ4v) is 2.70. The molecule has 6 nitrogen and oxygen atoms in total. The summed E-state index contributed by atoms with van der Waals surface area (Å²) in [5.74, 6) is 1.66. The summed E-state index contributed by atoms with van der Waals surface area (Å²) in [5.41, 5.74) is 2.05. The Kier molecular flexibility index (Phi) is 7.43. The molecule has 0 aliphatic carbocycles. The van der Waals surface area contributed by atoms with Gasteiger partial charge < -0.3 is 25.2 Å². The van der Waals surface area contributed by atoms with E-state index < -0.39 is 5.82 Å². The molecule has 0 saturated heterocycles. The van der Waals surface area contributed by atoms with Crippen LogP contribution in [0.4, 0.5) is 4.39 Å². The SMILES string of the molecule is CN=C(NCc1ccc(F)c(CO)c1)NC(C)c1cc(OC)ccc1OC. The number of rotatable bonds is 7. The lowest BCUT2D eigenvalue weighted by Crippen LogP contribution is -2.38. The largest absolute Gasteiger partial charge is 0.497 e. The van der Waals surface area contributed by atoms with Gasteiger partial charge >= 0.3 is 0 Å². The highest BCUT2D eigenvalue weighted by Gasteiger charge is 2.14. The third-order valence-electron chi connectivity index (χ3n) is 4.22. The van der Waals surface area contributed by atoms with Crippen molar-refractivity contribution in [3.05, 3.63) is 58.9 Å². The lowest BCUT2D eigenvalue weighted by Gasteiger charge is -2.21. The number of benzene rings is 2. The van der Waals surface area contributed by atoms with Crippen LogP contribution in [0.5, 0.6) is 11.5 Å². The highest BCUT2D eigenvalue weighted by Crippen LogP contribution is 2.29. The minimum Gasteiger partial charge on any atom is -0.497 e. The van der Waals surface area contributed by atoms with Gasteiger partial charge in [-0.2, -0.15) is 0 Å². The van der Waals surface area contributed by atoms with Gasteiger partial charge in [-0.05, 0) is 42.8 Å². The van der Waals surface area contributed by atoms with Gasteiger partial charge in [-0.1, -0.05) is 6.07 Å². The molecule has 0 saturated carbocycles. The van der Waals surface area contributed by atoms with Crippen LogP contribution in [0.25, 0.3) is 0 Å². The van der Waals surface area contributed by atoms with E-state index in [-0.39, 0.29) is 18.2 Å². The maximum Gasteiger partial charge on any atom is 0.191 e. The van der Waals surface area contributed by atoms with E-state index >= 15 is 0 Å². The number of nitrogens with one attached hydrogen (secondary N) is 2. The molecule has 0 aliphatic heterocycles. The maximum absolute atomic E-state index is 13.5. The third kappa shape index (κ3) is 5.34. The van der Waals surface area contributed by atoms with Crippen molar-refractivity contribution in [2.24, 2.45) is 4.99 Å². The lowest BCUT2D eigenvalue weighted by atomic mass is 10.1. The number of aliphatic hydroxyl groups is 1. The molecule has 1 atom stereocenters. The van der Waals surface area contributed by atoms with E-state index in [0.717, 1.165) is 22.6 Å². The smallest absolute Gasteiger partial charge is 0.191 e. The molecule has 3 N–H and O–H groups in total. The molecule has 146 valence electrons. The normalized spacial score (nSPS) is 12.4. The van der Waals surface area contributed by atoms with Gasteiger partial charge in [0.1, 0.15) is 17.3 Å². The first-order valence-electron chi connectivity index (χ1n) is 8.59. The molecule has 0 amide bonds. The minimum atomic E-state index is -0.414. The molecule has 0 bridgehead atoms. The summed E-state index contributed by atoms with van der Waals surface area (Å²) in [5, 5.41) is 15.7. The Morgan fingerprint density at radius 3 is 2.59 bits per heavy atom. The van der Waals surface area contributed by atoms with Crippen LogP contribution in [-0.4, -0.2) is 32.3 Å². The van der Waals surface area contributed by atoms with Crippen molar-refractivity contribution in [3.63, 3.8) is 0 Å². The van der Waals surface area contributed by atoms with Crippen molar-refractivity contribution >= 4 is 5.96 Å². The zero-order valence-corrected chi connectivity index (χ0v) is 16.0. The molecule has 2 aromatic carbocycles. The van der Waals surface area contributed by atoms with Crippen LogP contribution in [0.3, 0.4) is 0 Å². The van der Waals surface area contributed by atoms with Crippen molar-refractivity contribution in [2.75, 3.05) is 21.3 Å². The van der Waals surface area contributed by atoms with Gasteiger partial charge in [0.25, 0.3) is 0 Å². The Hall–Kier alpha value is -2.80. The van der Waals surface area contributed by atoms with E-state index in [1.165, 1.54) is 6.07 Å². The standard InChI is InChI=1S/C20H26FN3O3/c1-13(17-10-16(26-3)6-8-19(17)27-4)24-20(22-2)23-11-14-5-7-18(21)15(9-14)12-25/h5-10,13,25H,11-12H2,1-4H3,(H2,22,23,24). The number of methoxy groups -OCH3 is 2. The molecule has 27 heavy (non-hydrogen) atoms. The first-order chi connectivity index (χ1) is 13.0. The molecular weight excluding hydrogens is 349 g/mol. The molecule has 2 rings (SSSR count). The zero-order chi connectivity index (χ0) is 19.8.